The smallest absolute Gasteiger partial charge is 0.185 e. The number of hydrazone groups is 1. The lowest BCUT2D eigenvalue weighted by atomic mass is 10.2. The molecule has 4 N–H and O–H groups in total. The van der Waals surface area contributed by atoms with E-state index >= 15 is 0 Å². The Morgan fingerprint density at radius 1 is 1.38 bits per heavy atom. The number of anilines is 2. The van der Waals surface area contributed by atoms with Crippen LogP contribution in [0.1, 0.15) is 11.1 Å². The van der Waals surface area contributed by atoms with Gasteiger partial charge >= 0.3 is 0 Å². The van der Waals surface area contributed by atoms with E-state index in [0.717, 1.165) is 16.5 Å². The largest absolute Gasteiger partial charge is 0.384 e. The van der Waals surface area contributed by atoms with Crippen LogP contribution in [0, 0.1) is 6.92 Å². The van der Waals surface area contributed by atoms with E-state index in [0.29, 0.717) is 22.3 Å². The quantitative estimate of drug-likeness (QED) is 0.512. The second-order valence-electron chi connectivity index (χ2n) is 4.59. The Balaban J connectivity index is 1.82. The average molecular weight is 301 g/mol. The maximum atomic E-state index is 5.91. The van der Waals surface area contributed by atoms with E-state index in [4.69, 9.17) is 17.3 Å². The van der Waals surface area contributed by atoms with Crippen LogP contribution in [-0.2, 0) is 0 Å². The predicted molar refractivity (Wildman–Crippen MR) is 85.7 cm³/mol. The third-order valence-electron chi connectivity index (χ3n) is 2.99. The van der Waals surface area contributed by atoms with Gasteiger partial charge < -0.3 is 5.73 Å². The van der Waals surface area contributed by atoms with Crippen molar-refractivity contribution in [1.82, 2.24) is 15.2 Å². The molecule has 1 aromatic carbocycles. The molecule has 0 radical (unpaired) electrons. The van der Waals surface area contributed by atoms with E-state index in [9.17, 15) is 0 Å². The Kier molecular flexibility index (Phi) is 3.45. The van der Waals surface area contributed by atoms with Crippen molar-refractivity contribution in [3.8, 4) is 0 Å². The normalized spacial score (nSPS) is 11.3. The molecule has 0 saturated carbocycles. The van der Waals surface area contributed by atoms with Crippen molar-refractivity contribution in [3.05, 3.63) is 46.5 Å². The molecule has 21 heavy (non-hydrogen) atoms. The molecule has 0 aliphatic carbocycles. The molecule has 6 nitrogen and oxygen atoms in total. The van der Waals surface area contributed by atoms with Gasteiger partial charge in [-0.15, -0.1) is 0 Å². The summed E-state index contributed by atoms with van der Waals surface area (Å²) in [6, 6.07) is 9.28. The number of halogens is 1. The molecule has 3 rings (SSSR count). The number of pyridine rings is 1. The van der Waals surface area contributed by atoms with Crippen molar-refractivity contribution in [2.24, 2.45) is 5.10 Å². The summed E-state index contributed by atoms with van der Waals surface area (Å²) < 4.78 is 0. The highest BCUT2D eigenvalue weighted by atomic mass is 35.5. The summed E-state index contributed by atoms with van der Waals surface area (Å²) in [5.41, 5.74) is 11.1. The molecule has 3 aromatic rings. The highest BCUT2D eigenvalue weighted by Gasteiger charge is 2.08. The van der Waals surface area contributed by atoms with Crippen LogP contribution in [0.5, 0.6) is 0 Å². The van der Waals surface area contributed by atoms with Gasteiger partial charge in [-0.2, -0.15) is 10.2 Å². The number of nitrogens with one attached hydrogen (secondary N) is 2. The zero-order valence-corrected chi connectivity index (χ0v) is 12.0. The van der Waals surface area contributed by atoms with Crippen molar-refractivity contribution in [2.45, 2.75) is 6.92 Å². The molecular weight excluding hydrogens is 288 g/mol. The minimum absolute atomic E-state index is 0.518. The SMILES string of the molecule is Cc1cc(N/N=C\c2cccc(Cl)c2)nc2n[nH]c(N)c12. The van der Waals surface area contributed by atoms with Gasteiger partial charge in [-0.05, 0) is 36.2 Å². The molecule has 0 aliphatic rings. The molecular formula is C14H13ClN6. The van der Waals surface area contributed by atoms with Crippen LogP contribution in [0.4, 0.5) is 11.6 Å². The number of nitrogen functional groups attached to an aromatic ring is 1. The van der Waals surface area contributed by atoms with Crippen LogP contribution in [0.3, 0.4) is 0 Å². The van der Waals surface area contributed by atoms with Crippen LogP contribution >= 0.6 is 11.6 Å². The van der Waals surface area contributed by atoms with Gasteiger partial charge in [0, 0.05) is 5.02 Å². The number of fused-ring (bicyclic) bond motifs is 1. The number of hydrogen-bond donors (Lipinski definition) is 3. The average Bonchev–Trinajstić information content (AvgIpc) is 2.81. The van der Waals surface area contributed by atoms with Gasteiger partial charge in [-0.3, -0.25) is 10.5 Å². The second-order valence-corrected chi connectivity index (χ2v) is 5.02. The standard InChI is InChI=1S/C14H13ClN6/c1-8-5-11(18-14-12(8)13(16)20-21-14)19-17-7-9-3-2-4-10(15)6-9/h2-7H,1H3,(H4,16,18,19,20,21)/b17-7-. The highest BCUT2D eigenvalue weighted by Crippen LogP contribution is 2.22. The first-order valence-corrected chi connectivity index (χ1v) is 6.67. The topological polar surface area (TPSA) is 92.0 Å². The van der Waals surface area contributed by atoms with Crippen molar-refractivity contribution < 1.29 is 0 Å². The number of aromatic amines is 1. The van der Waals surface area contributed by atoms with Gasteiger partial charge in [0.2, 0.25) is 0 Å². The summed E-state index contributed by atoms with van der Waals surface area (Å²) in [4.78, 5) is 4.33. The maximum absolute atomic E-state index is 5.91. The molecule has 0 atom stereocenters. The molecule has 0 bridgehead atoms. The number of nitrogens with two attached hydrogens (primary N) is 1. The number of aromatic nitrogens is 3. The maximum Gasteiger partial charge on any atom is 0.185 e. The fraction of sp³-hybridized carbons (Fsp3) is 0.0714. The molecule has 0 fully saturated rings. The molecule has 7 heteroatoms. The number of rotatable bonds is 3. The van der Waals surface area contributed by atoms with Gasteiger partial charge in [0.05, 0.1) is 11.6 Å². The zero-order valence-electron chi connectivity index (χ0n) is 11.3. The Bertz CT molecular complexity index is 823. The number of aryl methyl sites for hydroxylation is 1. The summed E-state index contributed by atoms with van der Waals surface area (Å²) in [6.07, 6.45) is 1.67. The Morgan fingerprint density at radius 3 is 3.05 bits per heavy atom. The summed E-state index contributed by atoms with van der Waals surface area (Å²) >= 11 is 5.91. The molecule has 0 unspecified atom stereocenters. The number of benzene rings is 1. The number of H-pyrrole nitrogens is 1. The molecule has 2 aromatic heterocycles. The lowest BCUT2D eigenvalue weighted by Gasteiger charge is -2.02. The van der Waals surface area contributed by atoms with E-state index in [1.165, 1.54) is 0 Å². The number of nitrogens with zero attached hydrogens (tertiary/aromatic N) is 3. The fourth-order valence-corrected chi connectivity index (χ4v) is 2.25. The number of hydrogen-bond acceptors (Lipinski definition) is 5. The predicted octanol–water partition coefficient (Wildman–Crippen LogP) is 2.95. The summed E-state index contributed by atoms with van der Waals surface area (Å²) in [6.45, 7) is 1.95. The van der Waals surface area contributed by atoms with E-state index < -0.39 is 0 Å². The molecule has 0 amide bonds. The van der Waals surface area contributed by atoms with Crippen LogP contribution in [0.2, 0.25) is 5.02 Å². The first-order chi connectivity index (χ1) is 10.1. The van der Waals surface area contributed by atoms with Gasteiger partial charge in [0.25, 0.3) is 0 Å². The first-order valence-electron chi connectivity index (χ1n) is 6.29. The minimum Gasteiger partial charge on any atom is -0.384 e. The van der Waals surface area contributed by atoms with Crippen LogP contribution < -0.4 is 11.2 Å². The summed E-state index contributed by atoms with van der Waals surface area (Å²) in [5, 5.41) is 12.4. The van der Waals surface area contributed by atoms with Gasteiger partial charge in [0.15, 0.2) is 5.65 Å². The molecule has 0 aliphatic heterocycles. The van der Waals surface area contributed by atoms with Crippen LogP contribution in [0.15, 0.2) is 35.4 Å². The summed E-state index contributed by atoms with van der Waals surface area (Å²) in [5.74, 6) is 1.12. The van der Waals surface area contributed by atoms with Crippen molar-refractivity contribution in [2.75, 3.05) is 11.2 Å². The Morgan fingerprint density at radius 2 is 2.24 bits per heavy atom. The third-order valence-corrected chi connectivity index (χ3v) is 3.23. The highest BCUT2D eigenvalue weighted by molar-refractivity contribution is 6.30. The Hall–Kier alpha value is -2.60. The molecule has 0 spiro atoms. The molecule has 0 saturated heterocycles. The van der Waals surface area contributed by atoms with Crippen molar-refractivity contribution in [1.29, 1.82) is 0 Å². The summed E-state index contributed by atoms with van der Waals surface area (Å²) in [7, 11) is 0. The van der Waals surface area contributed by atoms with Crippen LogP contribution in [0.25, 0.3) is 11.0 Å². The lowest BCUT2D eigenvalue weighted by molar-refractivity contribution is 1.10. The monoisotopic (exact) mass is 300 g/mol. The van der Waals surface area contributed by atoms with E-state index in [1.54, 1.807) is 6.21 Å². The van der Waals surface area contributed by atoms with Crippen molar-refractivity contribution in [3.63, 3.8) is 0 Å². The van der Waals surface area contributed by atoms with Crippen LogP contribution in [-0.4, -0.2) is 21.4 Å². The lowest BCUT2D eigenvalue weighted by Crippen LogP contribution is -1.95. The minimum atomic E-state index is 0.518. The third kappa shape index (κ3) is 2.80. The molecule has 106 valence electrons. The molecule has 2 heterocycles. The van der Waals surface area contributed by atoms with Gasteiger partial charge in [-0.25, -0.2) is 4.98 Å². The van der Waals surface area contributed by atoms with Gasteiger partial charge in [0.1, 0.15) is 11.6 Å². The van der Waals surface area contributed by atoms with Crippen molar-refractivity contribution >= 4 is 40.5 Å². The Labute approximate surface area is 126 Å². The van der Waals surface area contributed by atoms with E-state index in [-0.39, 0.29) is 0 Å². The fourth-order valence-electron chi connectivity index (χ4n) is 2.06. The van der Waals surface area contributed by atoms with E-state index in [2.05, 4.69) is 25.7 Å². The first kappa shape index (κ1) is 13.4. The van der Waals surface area contributed by atoms with E-state index in [1.807, 2.05) is 37.3 Å². The zero-order chi connectivity index (χ0) is 14.8. The van der Waals surface area contributed by atoms with Gasteiger partial charge in [-0.1, -0.05) is 23.7 Å². The second kappa shape index (κ2) is 5.41.